The van der Waals surface area contributed by atoms with E-state index in [2.05, 4.69) is 15.9 Å². The summed E-state index contributed by atoms with van der Waals surface area (Å²) in [6.07, 6.45) is 0.222. The Morgan fingerprint density at radius 1 is 1.47 bits per heavy atom. The van der Waals surface area contributed by atoms with E-state index in [-0.39, 0.29) is 18.0 Å². The largest absolute Gasteiger partial charge is 0.508 e. The maximum Gasteiger partial charge on any atom is 0.170 e. The normalized spacial score (nSPS) is 10.8. The van der Waals surface area contributed by atoms with Gasteiger partial charge in [0.25, 0.3) is 0 Å². The Morgan fingerprint density at radius 3 is 2.87 bits per heavy atom. The van der Waals surface area contributed by atoms with Crippen molar-refractivity contribution in [1.82, 2.24) is 0 Å². The molecule has 0 spiro atoms. The van der Waals surface area contributed by atoms with Crippen LogP contribution in [-0.4, -0.2) is 10.9 Å². The summed E-state index contributed by atoms with van der Waals surface area (Å²) in [4.78, 5) is 11.0. The fourth-order valence-electron chi connectivity index (χ4n) is 1.49. The Labute approximate surface area is 94.8 Å². The van der Waals surface area contributed by atoms with Gasteiger partial charge in [-0.3, -0.25) is 4.79 Å². The first-order valence-electron chi connectivity index (χ1n) is 4.46. The molecule has 78 valence electrons. The fraction of sp³-hybridized carbons (Fsp3) is 0.182. The van der Waals surface area contributed by atoms with Crippen LogP contribution in [0.5, 0.6) is 5.75 Å². The van der Waals surface area contributed by atoms with E-state index in [4.69, 9.17) is 4.42 Å². The number of carbonyl (C=O) groups excluding carboxylic acids is 1. The monoisotopic (exact) mass is 268 g/mol. The molecule has 1 aromatic carbocycles. The first-order valence-corrected chi connectivity index (χ1v) is 5.26. The number of benzene rings is 1. The molecule has 0 unspecified atom stereocenters. The number of ketones is 1. The molecule has 2 aromatic rings. The highest BCUT2D eigenvalue weighted by Crippen LogP contribution is 2.29. The molecular formula is C11H9BrO3. The van der Waals surface area contributed by atoms with Crippen LogP contribution in [0.3, 0.4) is 0 Å². The third kappa shape index (κ3) is 2.04. The van der Waals surface area contributed by atoms with Crippen LogP contribution in [0.4, 0.5) is 0 Å². The standard InChI is InChI=1S/C11H9BrO3/c1-6(13)2-7-4-10-8(3-9(7)14)5-11(12)15-10/h3-5,14H,2H2,1H3. The second-order valence-corrected chi connectivity index (χ2v) is 4.23. The highest BCUT2D eigenvalue weighted by atomic mass is 79.9. The highest BCUT2D eigenvalue weighted by molar-refractivity contribution is 9.10. The van der Waals surface area contributed by atoms with Crippen molar-refractivity contribution in [3.63, 3.8) is 0 Å². The molecule has 3 nitrogen and oxygen atoms in total. The number of phenols is 1. The van der Waals surface area contributed by atoms with Gasteiger partial charge in [-0.25, -0.2) is 0 Å². The summed E-state index contributed by atoms with van der Waals surface area (Å²) in [5.41, 5.74) is 1.26. The van der Waals surface area contributed by atoms with Gasteiger partial charge in [0.2, 0.25) is 0 Å². The first kappa shape index (κ1) is 10.2. The topological polar surface area (TPSA) is 50.4 Å². The molecule has 1 N–H and O–H groups in total. The molecule has 0 amide bonds. The van der Waals surface area contributed by atoms with Crippen LogP contribution in [0, 0.1) is 0 Å². The van der Waals surface area contributed by atoms with E-state index >= 15 is 0 Å². The van der Waals surface area contributed by atoms with Crippen molar-refractivity contribution in [2.75, 3.05) is 0 Å². The summed E-state index contributed by atoms with van der Waals surface area (Å²) in [6, 6.07) is 5.06. The molecule has 1 heterocycles. The van der Waals surface area contributed by atoms with Crippen LogP contribution in [-0.2, 0) is 11.2 Å². The van der Waals surface area contributed by atoms with Gasteiger partial charge in [-0.1, -0.05) is 0 Å². The van der Waals surface area contributed by atoms with E-state index in [1.165, 1.54) is 6.92 Å². The Hall–Kier alpha value is -1.29. The van der Waals surface area contributed by atoms with Crippen molar-refractivity contribution in [3.8, 4) is 5.75 Å². The number of halogens is 1. The lowest BCUT2D eigenvalue weighted by Crippen LogP contribution is -1.96. The van der Waals surface area contributed by atoms with Crippen LogP contribution in [0.15, 0.2) is 27.3 Å². The van der Waals surface area contributed by atoms with Crippen LogP contribution >= 0.6 is 15.9 Å². The molecule has 1 aromatic heterocycles. The van der Waals surface area contributed by atoms with Gasteiger partial charge in [-0.2, -0.15) is 0 Å². The van der Waals surface area contributed by atoms with E-state index < -0.39 is 0 Å². The van der Waals surface area contributed by atoms with E-state index in [1.54, 1.807) is 18.2 Å². The lowest BCUT2D eigenvalue weighted by molar-refractivity contribution is -0.116. The van der Waals surface area contributed by atoms with E-state index in [0.717, 1.165) is 5.39 Å². The number of furan rings is 1. The molecule has 0 saturated heterocycles. The minimum atomic E-state index is 0.00951. The van der Waals surface area contributed by atoms with Gasteiger partial charge in [-0.15, -0.1) is 0 Å². The van der Waals surface area contributed by atoms with Gasteiger partial charge in [-0.05, 0) is 41.1 Å². The predicted molar refractivity (Wildman–Crippen MR) is 60.0 cm³/mol. The fourth-order valence-corrected chi connectivity index (χ4v) is 1.92. The zero-order valence-electron chi connectivity index (χ0n) is 8.08. The number of hydrogen-bond acceptors (Lipinski definition) is 3. The molecule has 15 heavy (non-hydrogen) atoms. The van der Waals surface area contributed by atoms with Gasteiger partial charge in [0, 0.05) is 17.4 Å². The number of Topliss-reactive ketones (excluding diaryl/α,β-unsaturated/α-hetero) is 1. The zero-order chi connectivity index (χ0) is 11.0. The van der Waals surface area contributed by atoms with Crippen LogP contribution < -0.4 is 0 Å². The molecule has 4 heteroatoms. The number of phenolic OH excluding ortho intramolecular Hbond substituents is 1. The molecule has 0 aliphatic heterocycles. The third-order valence-corrected chi connectivity index (χ3v) is 2.52. The second-order valence-electron chi connectivity index (χ2n) is 3.45. The molecule has 0 radical (unpaired) electrons. The molecule has 0 bridgehead atoms. The lowest BCUT2D eigenvalue weighted by atomic mass is 10.1. The third-order valence-electron chi connectivity index (χ3n) is 2.13. The summed E-state index contributed by atoms with van der Waals surface area (Å²) in [6.45, 7) is 1.49. The van der Waals surface area contributed by atoms with E-state index in [1.807, 2.05) is 0 Å². The van der Waals surface area contributed by atoms with Crippen LogP contribution in [0.2, 0.25) is 0 Å². The number of rotatable bonds is 2. The van der Waals surface area contributed by atoms with Gasteiger partial charge < -0.3 is 9.52 Å². The zero-order valence-corrected chi connectivity index (χ0v) is 9.67. The number of aromatic hydroxyl groups is 1. The maximum absolute atomic E-state index is 11.0. The Morgan fingerprint density at radius 2 is 2.20 bits per heavy atom. The lowest BCUT2D eigenvalue weighted by Gasteiger charge is -2.01. The van der Waals surface area contributed by atoms with Gasteiger partial charge in [0.1, 0.15) is 17.1 Å². The van der Waals surface area contributed by atoms with Gasteiger partial charge >= 0.3 is 0 Å². The minimum Gasteiger partial charge on any atom is -0.508 e. The molecule has 2 rings (SSSR count). The molecule has 0 fully saturated rings. The average molecular weight is 269 g/mol. The van der Waals surface area contributed by atoms with Crippen LogP contribution in [0.25, 0.3) is 11.0 Å². The first-order chi connectivity index (χ1) is 7.06. The minimum absolute atomic E-state index is 0.00951. The molecule has 0 aliphatic carbocycles. The van der Waals surface area contributed by atoms with Crippen molar-refractivity contribution in [3.05, 3.63) is 28.4 Å². The summed E-state index contributed by atoms with van der Waals surface area (Å²) in [7, 11) is 0. The molecule has 0 aliphatic rings. The Balaban J connectivity index is 2.55. The second kappa shape index (κ2) is 3.70. The quantitative estimate of drug-likeness (QED) is 0.911. The van der Waals surface area contributed by atoms with Crippen molar-refractivity contribution in [1.29, 1.82) is 0 Å². The van der Waals surface area contributed by atoms with E-state index in [0.29, 0.717) is 15.8 Å². The number of hydrogen-bond donors (Lipinski definition) is 1. The molecule has 0 saturated carbocycles. The van der Waals surface area contributed by atoms with Crippen LogP contribution in [0.1, 0.15) is 12.5 Å². The summed E-state index contributed by atoms with van der Waals surface area (Å²) >= 11 is 3.21. The van der Waals surface area contributed by atoms with Crippen molar-refractivity contribution in [2.24, 2.45) is 0 Å². The van der Waals surface area contributed by atoms with Crippen molar-refractivity contribution in [2.45, 2.75) is 13.3 Å². The summed E-state index contributed by atoms with van der Waals surface area (Å²) < 4.78 is 5.95. The summed E-state index contributed by atoms with van der Waals surface area (Å²) in [5, 5.41) is 10.5. The Bertz CT molecular complexity index is 528. The molecular weight excluding hydrogens is 260 g/mol. The molecule has 0 atom stereocenters. The number of carbonyl (C=O) groups is 1. The van der Waals surface area contributed by atoms with Crippen molar-refractivity contribution < 1.29 is 14.3 Å². The Kier molecular flexibility index (Phi) is 2.52. The summed E-state index contributed by atoms with van der Waals surface area (Å²) in [5.74, 6) is 0.140. The highest BCUT2D eigenvalue weighted by Gasteiger charge is 2.09. The van der Waals surface area contributed by atoms with Crippen molar-refractivity contribution >= 4 is 32.7 Å². The number of fused-ring (bicyclic) bond motifs is 1. The smallest absolute Gasteiger partial charge is 0.170 e. The maximum atomic E-state index is 11.0. The van der Waals surface area contributed by atoms with Gasteiger partial charge in [0.05, 0.1) is 0 Å². The van der Waals surface area contributed by atoms with Gasteiger partial charge in [0.15, 0.2) is 4.67 Å². The average Bonchev–Trinajstić information content (AvgIpc) is 2.44. The SMILES string of the molecule is CC(=O)Cc1cc2oc(Br)cc2cc1O. The predicted octanol–water partition coefficient (Wildman–Crippen LogP) is 3.03. The van der Waals surface area contributed by atoms with E-state index in [9.17, 15) is 9.90 Å².